The molecule has 0 aliphatic rings. The Morgan fingerprint density at radius 1 is 1.18 bits per heavy atom. The molecule has 0 aromatic heterocycles. The van der Waals surface area contributed by atoms with Crippen LogP contribution >= 0.6 is 0 Å². The first kappa shape index (κ1) is 15.4. The quantitative estimate of drug-likeness (QED) is 0.322. The van der Waals surface area contributed by atoms with Gasteiger partial charge < -0.3 is 15.1 Å². The molecule has 0 radical (unpaired) electrons. The lowest BCUT2D eigenvalue weighted by Crippen LogP contribution is -2.20. The molecule has 0 saturated carbocycles. The average Bonchev–Trinajstić information content (AvgIpc) is 2.14. The third kappa shape index (κ3) is 6.57. The van der Waals surface area contributed by atoms with Crippen LogP contribution in [0.3, 0.4) is 0 Å². The smallest absolute Gasteiger partial charge is 0.335 e. The van der Waals surface area contributed by atoms with Crippen molar-refractivity contribution in [3.8, 4) is 0 Å². The Kier molecular flexibility index (Phi) is 5.67. The van der Waals surface area contributed by atoms with Gasteiger partial charge >= 0.3 is 11.9 Å². The molecule has 0 aliphatic carbocycles. The van der Waals surface area contributed by atoms with Crippen molar-refractivity contribution in [2.24, 2.45) is 0 Å². The van der Waals surface area contributed by atoms with Crippen molar-refractivity contribution >= 4 is 11.9 Å². The van der Waals surface area contributed by atoms with Gasteiger partial charge in [-0.3, -0.25) is 4.79 Å². The fourth-order valence-corrected chi connectivity index (χ4v) is 0.943. The molecule has 0 aromatic rings. The van der Waals surface area contributed by atoms with Gasteiger partial charge in [0.25, 0.3) is 0 Å². The van der Waals surface area contributed by atoms with Gasteiger partial charge in [-0.05, 0) is 20.8 Å². The van der Waals surface area contributed by atoms with E-state index in [-0.39, 0.29) is 17.8 Å². The summed E-state index contributed by atoms with van der Waals surface area (Å²) >= 11 is 0. The molecule has 0 saturated heterocycles. The highest BCUT2D eigenvalue weighted by Crippen LogP contribution is 2.18. The number of allylic oxidation sites excluding steroid dienone is 1. The average molecular weight is 246 g/mol. The molecule has 0 heterocycles. The number of carbonyl (C=O) groups is 2. The van der Waals surface area contributed by atoms with Gasteiger partial charge in [-0.15, -0.1) is 0 Å². The summed E-state index contributed by atoms with van der Waals surface area (Å²) in [5.74, 6) is -2.52. The van der Waals surface area contributed by atoms with Gasteiger partial charge in [-0.2, -0.15) is 4.89 Å². The minimum Gasteiger partial charge on any atom is -0.481 e. The monoisotopic (exact) mass is 246 g/mol. The van der Waals surface area contributed by atoms with E-state index in [0.29, 0.717) is 0 Å². The lowest BCUT2D eigenvalue weighted by atomic mass is 10.1. The number of carboxylic acid groups (broad SMARTS) is 2. The molecule has 17 heavy (non-hydrogen) atoms. The van der Waals surface area contributed by atoms with E-state index in [1.54, 1.807) is 27.7 Å². The maximum Gasteiger partial charge on any atom is 0.335 e. The molecular weight excluding hydrogens is 228 g/mol. The van der Waals surface area contributed by atoms with Gasteiger partial charge in [0.05, 0.1) is 12.0 Å². The lowest BCUT2D eigenvalue weighted by Gasteiger charge is -2.19. The zero-order valence-corrected chi connectivity index (χ0v) is 10.4. The molecular formula is C11H18O6. The maximum absolute atomic E-state index is 10.9. The predicted octanol–water partition coefficient (Wildman–Crippen LogP) is 1.96. The minimum absolute atomic E-state index is 0.0230. The number of carboxylic acids is 2. The third-order valence-electron chi connectivity index (χ3n) is 1.64. The van der Waals surface area contributed by atoms with E-state index >= 15 is 0 Å². The van der Waals surface area contributed by atoms with Gasteiger partial charge in [0.15, 0.2) is 5.76 Å². The van der Waals surface area contributed by atoms with Crippen molar-refractivity contribution in [1.82, 2.24) is 0 Å². The van der Waals surface area contributed by atoms with Crippen LogP contribution in [-0.2, 0) is 19.4 Å². The summed E-state index contributed by atoms with van der Waals surface area (Å²) in [5, 5.41) is 17.5. The molecule has 0 fully saturated rings. The van der Waals surface area contributed by atoms with Gasteiger partial charge in [0.1, 0.15) is 5.60 Å². The summed E-state index contributed by atoms with van der Waals surface area (Å²) in [6.07, 6.45) is -0.364. The van der Waals surface area contributed by atoms with E-state index in [0.717, 1.165) is 0 Å². The van der Waals surface area contributed by atoms with Crippen LogP contribution in [0.4, 0.5) is 0 Å². The molecule has 0 aromatic carbocycles. The molecule has 0 aliphatic heterocycles. The topological polar surface area (TPSA) is 93.1 Å². The molecule has 0 amide bonds. The first-order valence-corrected chi connectivity index (χ1v) is 5.20. The van der Waals surface area contributed by atoms with Crippen molar-refractivity contribution in [1.29, 1.82) is 0 Å². The number of hydrogen-bond donors (Lipinski definition) is 2. The van der Waals surface area contributed by atoms with Gasteiger partial charge in [-0.25, -0.2) is 4.79 Å². The summed E-state index contributed by atoms with van der Waals surface area (Å²) in [4.78, 5) is 31.3. The van der Waals surface area contributed by atoms with Gasteiger partial charge in [0, 0.05) is 6.42 Å². The Balaban J connectivity index is 4.95. The second-order valence-corrected chi connectivity index (χ2v) is 4.41. The Labute approximate surface area is 99.8 Å². The molecule has 0 unspecified atom stereocenters. The number of rotatable bonds is 6. The number of aliphatic carboxylic acids is 2. The van der Waals surface area contributed by atoms with Crippen molar-refractivity contribution in [3.05, 3.63) is 11.3 Å². The van der Waals surface area contributed by atoms with E-state index in [1.165, 1.54) is 0 Å². The van der Waals surface area contributed by atoms with Crippen LogP contribution < -0.4 is 0 Å². The van der Waals surface area contributed by atoms with Crippen LogP contribution in [0.15, 0.2) is 11.3 Å². The second kappa shape index (κ2) is 6.24. The van der Waals surface area contributed by atoms with Crippen LogP contribution in [0.1, 0.15) is 40.5 Å². The Morgan fingerprint density at radius 2 is 1.71 bits per heavy atom. The van der Waals surface area contributed by atoms with Crippen LogP contribution in [0.25, 0.3) is 0 Å². The van der Waals surface area contributed by atoms with Crippen LogP contribution in [-0.4, -0.2) is 27.8 Å². The molecule has 6 nitrogen and oxygen atoms in total. The van der Waals surface area contributed by atoms with E-state index < -0.39 is 24.0 Å². The highest BCUT2D eigenvalue weighted by molar-refractivity contribution is 5.92. The summed E-state index contributed by atoms with van der Waals surface area (Å²) in [6.45, 7) is 6.86. The van der Waals surface area contributed by atoms with Crippen LogP contribution in [0, 0.1) is 0 Å². The normalized spacial score (nSPS) is 12.9. The summed E-state index contributed by atoms with van der Waals surface area (Å²) in [5.41, 5.74) is -0.906. The lowest BCUT2D eigenvalue weighted by molar-refractivity contribution is -0.323. The summed E-state index contributed by atoms with van der Waals surface area (Å²) < 4.78 is 0. The molecule has 0 atom stereocenters. The molecule has 0 spiro atoms. The Hall–Kier alpha value is -1.56. The third-order valence-corrected chi connectivity index (χ3v) is 1.64. The molecule has 6 heteroatoms. The standard InChI is InChI=1S/C11H18O6/c1-5-8(16-17-11(2,3)4)7(10(14)15)6-9(12)13/h5-6H2,1-4H3,(H,12,13)(H,14,15). The maximum atomic E-state index is 10.9. The Morgan fingerprint density at radius 3 is 2.00 bits per heavy atom. The van der Waals surface area contributed by atoms with Gasteiger partial charge in [0.2, 0.25) is 0 Å². The SMILES string of the molecule is CCC(OOC(C)(C)C)=C(CC(=O)O)C(=O)O. The Bertz CT molecular complexity index is 323. The van der Waals surface area contributed by atoms with Crippen LogP contribution in [0.5, 0.6) is 0 Å². The largest absolute Gasteiger partial charge is 0.481 e. The van der Waals surface area contributed by atoms with Crippen molar-refractivity contribution in [2.75, 3.05) is 0 Å². The minimum atomic E-state index is -1.32. The van der Waals surface area contributed by atoms with Crippen molar-refractivity contribution < 1.29 is 29.6 Å². The second-order valence-electron chi connectivity index (χ2n) is 4.41. The van der Waals surface area contributed by atoms with Gasteiger partial charge in [-0.1, -0.05) is 6.92 Å². The summed E-state index contributed by atoms with van der Waals surface area (Å²) in [7, 11) is 0. The van der Waals surface area contributed by atoms with E-state index in [4.69, 9.17) is 20.0 Å². The highest BCUT2D eigenvalue weighted by Gasteiger charge is 2.21. The zero-order chi connectivity index (χ0) is 13.6. The molecule has 98 valence electrons. The number of hydrogen-bond acceptors (Lipinski definition) is 4. The zero-order valence-electron chi connectivity index (χ0n) is 10.4. The van der Waals surface area contributed by atoms with Crippen molar-refractivity contribution in [2.45, 2.75) is 46.1 Å². The first-order chi connectivity index (χ1) is 7.67. The molecule has 0 bridgehead atoms. The fourth-order valence-electron chi connectivity index (χ4n) is 0.943. The molecule has 2 N–H and O–H groups in total. The van der Waals surface area contributed by atoms with Crippen molar-refractivity contribution in [3.63, 3.8) is 0 Å². The fraction of sp³-hybridized carbons (Fsp3) is 0.636. The highest BCUT2D eigenvalue weighted by atomic mass is 17.2. The predicted molar refractivity (Wildman–Crippen MR) is 59.1 cm³/mol. The summed E-state index contributed by atoms with van der Waals surface area (Å²) in [6, 6.07) is 0. The van der Waals surface area contributed by atoms with Crippen LogP contribution in [0.2, 0.25) is 0 Å². The van der Waals surface area contributed by atoms with E-state index in [9.17, 15) is 9.59 Å². The first-order valence-electron chi connectivity index (χ1n) is 5.20. The van der Waals surface area contributed by atoms with E-state index in [2.05, 4.69) is 0 Å². The molecule has 0 rings (SSSR count). The van der Waals surface area contributed by atoms with E-state index in [1.807, 2.05) is 0 Å².